The highest BCUT2D eigenvalue weighted by Gasteiger charge is 2.51. The van der Waals surface area contributed by atoms with Gasteiger partial charge in [0.05, 0.1) is 35.3 Å². The highest BCUT2D eigenvalue weighted by molar-refractivity contribution is 9.10. The summed E-state index contributed by atoms with van der Waals surface area (Å²) in [5.41, 5.74) is 15.3. The smallest absolute Gasteiger partial charge is 0.399 e. The largest absolute Gasteiger partial charge is 0.496 e. The molecule has 0 atom stereocenters. The molecular weight excluding hydrogens is 833 g/mol. The lowest BCUT2D eigenvalue weighted by Gasteiger charge is -2.32. The number of hydrogen-bond donors (Lipinski definition) is 4. The van der Waals surface area contributed by atoms with Gasteiger partial charge in [-0.3, -0.25) is 19.8 Å². The Morgan fingerprint density at radius 1 is 0.650 bits per heavy atom. The molecule has 1 aliphatic rings. The Morgan fingerprint density at radius 3 is 1.70 bits per heavy atom. The summed E-state index contributed by atoms with van der Waals surface area (Å²) in [4.78, 5) is 24.3. The summed E-state index contributed by atoms with van der Waals surface area (Å²) in [6.07, 6.45) is 3.41. The Hall–Kier alpha value is -6.36. The molecule has 4 aromatic carbocycles. The van der Waals surface area contributed by atoms with Crippen LogP contribution >= 0.6 is 15.9 Å². The molecule has 0 radical (unpaired) electrons. The molecule has 5 heterocycles. The fraction of sp³-hybridized carbons (Fsp3) is 0.182. The van der Waals surface area contributed by atoms with Crippen molar-refractivity contribution in [2.45, 2.75) is 52.0 Å². The number of benzene rings is 4. The molecule has 4 aromatic heterocycles. The number of nitrogens with zero attached hydrogens (tertiary/aromatic N) is 4. The number of nitrogens with two attached hydrogens (primary N) is 2. The zero-order valence-corrected chi connectivity index (χ0v) is 34.8. The molecule has 0 aliphatic carbocycles. The molecule has 16 heteroatoms. The highest BCUT2D eigenvalue weighted by atomic mass is 79.9. The third-order valence-corrected chi connectivity index (χ3v) is 11.1. The number of H-pyrrole nitrogens is 2. The molecule has 306 valence electrons. The predicted molar refractivity (Wildman–Crippen MR) is 236 cm³/mol. The van der Waals surface area contributed by atoms with Crippen LogP contribution in [0, 0.1) is 11.6 Å². The van der Waals surface area contributed by atoms with Crippen LogP contribution in [-0.2, 0) is 22.4 Å². The second kappa shape index (κ2) is 17.1. The van der Waals surface area contributed by atoms with E-state index in [1.165, 1.54) is 33.4 Å². The molecule has 0 spiro atoms. The van der Waals surface area contributed by atoms with Crippen molar-refractivity contribution in [3.05, 3.63) is 170 Å². The number of nitrogens with one attached hydrogen (secondary N) is 2. The van der Waals surface area contributed by atoms with Crippen LogP contribution in [0.3, 0.4) is 0 Å². The molecule has 60 heavy (non-hydrogen) atoms. The fourth-order valence-corrected chi connectivity index (χ4v) is 6.83. The van der Waals surface area contributed by atoms with Crippen molar-refractivity contribution in [2.24, 2.45) is 0 Å². The maximum absolute atomic E-state index is 13.9. The molecule has 1 aliphatic heterocycles. The maximum Gasteiger partial charge on any atom is 0.496 e. The van der Waals surface area contributed by atoms with Crippen LogP contribution in [0.25, 0.3) is 32.9 Å². The second-order valence-corrected chi connectivity index (χ2v) is 16.2. The van der Waals surface area contributed by atoms with Crippen LogP contribution in [0.5, 0.6) is 0 Å². The van der Waals surface area contributed by atoms with Gasteiger partial charge in [0.1, 0.15) is 11.6 Å². The number of fused-ring (bicyclic) bond motifs is 2. The first-order chi connectivity index (χ1) is 28.6. The van der Waals surface area contributed by atoms with Crippen LogP contribution in [0.1, 0.15) is 38.8 Å². The van der Waals surface area contributed by atoms with E-state index in [0.29, 0.717) is 22.8 Å². The normalized spacial score (nSPS) is 14.1. The van der Waals surface area contributed by atoms with E-state index in [-0.39, 0.29) is 35.8 Å². The van der Waals surface area contributed by atoms with E-state index < -0.39 is 18.3 Å². The first-order valence-corrected chi connectivity index (χ1v) is 19.7. The molecular formula is C44H42BBrF2N8O4. The molecule has 12 nitrogen and oxygen atoms in total. The molecule has 1 fully saturated rings. The number of hydrogen-bond acceptors (Lipinski definition) is 8. The third-order valence-electron chi connectivity index (χ3n) is 10.6. The van der Waals surface area contributed by atoms with Crippen LogP contribution in [0.2, 0.25) is 0 Å². The number of halogens is 3. The van der Waals surface area contributed by atoms with Crippen molar-refractivity contribution < 1.29 is 18.1 Å². The lowest BCUT2D eigenvalue weighted by Crippen LogP contribution is -2.41. The van der Waals surface area contributed by atoms with E-state index in [2.05, 4.69) is 36.3 Å². The molecule has 0 saturated carbocycles. The van der Waals surface area contributed by atoms with Crippen molar-refractivity contribution >= 4 is 62.0 Å². The molecule has 1 saturated heterocycles. The number of pyridine rings is 2. The Bertz CT molecular complexity index is 2930. The highest BCUT2D eigenvalue weighted by Crippen LogP contribution is 2.36. The van der Waals surface area contributed by atoms with E-state index in [1.807, 2.05) is 64.1 Å². The average Bonchev–Trinajstić information content (AvgIpc) is 3.85. The molecule has 6 N–H and O–H groups in total. The number of nitrogen functional groups attached to an aromatic ring is 2. The Kier molecular flexibility index (Phi) is 11.9. The number of anilines is 2. The van der Waals surface area contributed by atoms with Gasteiger partial charge in [-0.1, -0.05) is 64.5 Å². The first kappa shape index (κ1) is 41.8. The van der Waals surface area contributed by atoms with E-state index >= 15 is 0 Å². The Balaban J connectivity index is 0.000000146. The zero-order chi connectivity index (χ0) is 42.8. The van der Waals surface area contributed by atoms with E-state index in [9.17, 15) is 18.4 Å². The summed E-state index contributed by atoms with van der Waals surface area (Å²) in [6, 6.07) is 30.8. The van der Waals surface area contributed by atoms with Gasteiger partial charge in [0.2, 0.25) is 0 Å². The third kappa shape index (κ3) is 9.10. The van der Waals surface area contributed by atoms with Gasteiger partial charge in [0, 0.05) is 50.9 Å². The topological polar surface area (TPSA) is 172 Å². The van der Waals surface area contributed by atoms with Crippen molar-refractivity contribution in [2.75, 3.05) is 11.5 Å². The van der Waals surface area contributed by atoms with E-state index in [1.54, 1.807) is 60.9 Å². The monoisotopic (exact) mass is 874 g/mol. The molecule has 9 rings (SSSR count). The number of aromatic amines is 2. The summed E-state index contributed by atoms with van der Waals surface area (Å²) in [7, 11) is -0.553. The van der Waals surface area contributed by atoms with Crippen molar-refractivity contribution in [3.63, 3.8) is 0 Å². The van der Waals surface area contributed by atoms with Gasteiger partial charge in [-0.05, 0) is 92.8 Å². The minimum atomic E-state index is -0.553. The predicted octanol–water partition coefficient (Wildman–Crippen LogP) is 7.40. The lowest BCUT2D eigenvalue weighted by atomic mass is 9.80. The zero-order valence-electron chi connectivity index (χ0n) is 33.2. The Labute approximate surface area is 352 Å². The van der Waals surface area contributed by atoms with Crippen molar-refractivity contribution in [1.29, 1.82) is 0 Å². The maximum atomic E-state index is 13.9. The summed E-state index contributed by atoms with van der Waals surface area (Å²) in [5, 5.41) is 15.4. The minimum absolute atomic E-state index is 0.166. The average molecular weight is 876 g/mol. The SMILES string of the molecule is CC1(C)OB(c2ccc(=O)n(Cc3ccccc3F)c2)OC1(C)C.Nc1n[nH]c2cc(-c3ccc(=O)n(Cc4ccccc4F)c3)ccc12.Nc1n[nH]c2cc(Br)ccc12. The molecule has 0 unspecified atom stereocenters. The summed E-state index contributed by atoms with van der Waals surface area (Å²) in [5.74, 6) is 0.346. The van der Waals surface area contributed by atoms with Gasteiger partial charge in [-0.25, -0.2) is 8.78 Å². The van der Waals surface area contributed by atoms with Crippen LogP contribution < -0.4 is 28.0 Å². The van der Waals surface area contributed by atoms with Gasteiger partial charge in [0.25, 0.3) is 11.1 Å². The van der Waals surface area contributed by atoms with E-state index in [0.717, 1.165) is 42.9 Å². The first-order valence-electron chi connectivity index (χ1n) is 18.9. The van der Waals surface area contributed by atoms with Gasteiger partial charge < -0.3 is 29.9 Å². The van der Waals surface area contributed by atoms with Gasteiger partial charge in [-0.2, -0.15) is 10.2 Å². The molecule has 8 aromatic rings. The fourth-order valence-electron chi connectivity index (χ4n) is 6.47. The second-order valence-electron chi connectivity index (χ2n) is 15.3. The number of rotatable bonds is 6. The van der Waals surface area contributed by atoms with Gasteiger partial charge in [-0.15, -0.1) is 0 Å². The van der Waals surface area contributed by atoms with Gasteiger partial charge in [0.15, 0.2) is 11.6 Å². The standard InChI is InChI=1S/C19H15FN4O.C18H21BFNO3.C7H6BrN3/c20-16-4-2-1-3-14(16)11-24-10-13(6-8-18(24)25)12-5-7-15-17(9-12)22-23-19(15)21;1-17(2)18(3,4)24-19(23-17)14-9-10-16(22)21(12-14)11-13-7-5-6-8-15(13)20;8-4-1-2-5-6(3-4)10-11-7(5)9/h1-10H,11H2,(H3,21,22,23);5-10,12H,11H2,1-4H3;1-3H,(H3,9,10,11). The number of aromatic nitrogens is 6. The molecule has 0 bridgehead atoms. The van der Waals surface area contributed by atoms with E-state index in [4.69, 9.17) is 20.8 Å². The minimum Gasteiger partial charge on any atom is -0.399 e. The van der Waals surface area contributed by atoms with Crippen LogP contribution in [0.15, 0.2) is 136 Å². The van der Waals surface area contributed by atoms with Gasteiger partial charge >= 0.3 is 7.12 Å². The summed E-state index contributed by atoms with van der Waals surface area (Å²) >= 11 is 3.35. The lowest BCUT2D eigenvalue weighted by molar-refractivity contribution is 0.00578. The van der Waals surface area contributed by atoms with Crippen molar-refractivity contribution in [3.8, 4) is 11.1 Å². The van der Waals surface area contributed by atoms with Crippen LogP contribution in [-0.4, -0.2) is 47.8 Å². The summed E-state index contributed by atoms with van der Waals surface area (Å²) in [6.45, 7) is 8.24. The Morgan fingerprint density at radius 2 is 1.13 bits per heavy atom. The summed E-state index contributed by atoms with van der Waals surface area (Å²) < 4.78 is 43.7. The van der Waals surface area contributed by atoms with Crippen LogP contribution in [0.4, 0.5) is 20.4 Å². The molecule has 0 amide bonds. The van der Waals surface area contributed by atoms with Crippen molar-refractivity contribution in [1.82, 2.24) is 29.5 Å². The quantitative estimate of drug-likeness (QED) is 0.125.